The number of fused-ring (bicyclic) bond motifs is 1. The van der Waals surface area contributed by atoms with Crippen LogP contribution in [0.3, 0.4) is 0 Å². The lowest BCUT2D eigenvalue weighted by Gasteiger charge is -2.22. The molecule has 4 amide bonds. The summed E-state index contributed by atoms with van der Waals surface area (Å²) in [6.45, 7) is 7.47. The number of hydrogen-bond acceptors (Lipinski definition) is 16. The Balaban J connectivity index is 0.000000214. The summed E-state index contributed by atoms with van der Waals surface area (Å²) in [5, 5.41) is 32.4. The molecule has 0 aliphatic rings. The highest BCUT2D eigenvalue weighted by Crippen LogP contribution is 2.23. The Morgan fingerprint density at radius 3 is 1.27 bits per heavy atom. The van der Waals surface area contributed by atoms with Crippen molar-refractivity contribution in [1.82, 2.24) is 39.4 Å². The molecule has 5 aromatic carbocycles. The second-order valence-electron chi connectivity index (χ2n) is 22.8. The van der Waals surface area contributed by atoms with Gasteiger partial charge < -0.3 is 78.0 Å². The number of rotatable bonds is 27. The number of aromatic nitrogens is 4. The number of benzene rings is 5. The van der Waals surface area contributed by atoms with Crippen LogP contribution in [0.2, 0.25) is 15.1 Å². The highest BCUT2D eigenvalue weighted by Gasteiger charge is 2.30. The van der Waals surface area contributed by atoms with E-state index in [4.69, 9.17) is 63.2 Å². The molecule has 0 unspecified atom stereocenters. The first kappa shape index (κ1) is 77.0. The number of methoxy groups -OCH3 is 4. The van der Waals surface area contributed by atoms with Gasteiger partial charge in [0.15, 0.2) is 46.7 Å². The average Bonchev–Trinajstić information content (AvgIpc) is 0.783. The molecule has 0 aliphatic heterocycles. The maximum atomic E-state index is 13.6. The monoisotopic (exact) mass is 1430 g/mol. The van der Waals surface area contributed by atoms with Crippen LogP contribution in [0.1, 0.15) is 108 Å². The highest BCUT2D eigenvalue weighted by atomic mass is 35.5. The van der Waals surface area contributed by atoms with Crippen molar-refractivity contribution in [2.24, 2.45) is 0 Å². The first-order valence-corrected chi connectivity index (χ1v) is 32.1. The van der Waals surface area contributed by atoms with Gasteiger partial charge in [-0.2, -0.15) is 0 Å². The summed E-state index contributed by atoms with van der Waals surface area (Å²) in [5.74, 6) is -5.26. The molecule has 0 aliphatic carbocycles. The Hall–Kier alpha value is -10.4. The predicted molar refractivity (Wildman–Crippen MR) is 376 cm³/mol. The fraction of sp³-hybridized carbons (Fsp3) is 0.264. The molecule has 0 saturated heterocycles. The SMILES string of the molecule is CC(C)NC(=O)c1cn2ccn(Cc3cccc(Cl)c3)c(=O)c2c(O)c1=O.COC(Cn1cc(C(=O)NC(C)C)c(=O)c(OCc2ccccc2)c1C(=O)NCc1cccc(Cl)c1)OC.COC(Cn1cc(C(=O)O)c(=O)c(OCc2ccccc2)c1C(=O)NCc1cccc(Cl)c1)OC. The second kappa shape index (κ2) is 37.0. The number of halogens is 3. The molecule has 9 rings (SSSR count). The number of aromatic hydroxyl groups is 1. The molecule has 0 atom stereocenters. The van der Waals surface area contributed by atoms with Crippen LogP contribution >= 0.6 is 34.8 Å². The molecule has 4 heterocycles. The van der Waals surface area contributed by atoms with E-state index in [1.54, 1.807) is 113 Å². The van der Waals surface area contributed by atoms with E-state index in [0.29, 0.717) is 15.1 Å². The third kappa shape index (κ3) is 21.1. The molecule has 526 valence electrons. The molecular weight excluding hydrogens is 1360 g/mol. The maximum Gasteiger partial charge on any atom is 0.341 e. The molecule has 100 heavy (non-hydrogen) atoms. The molecule has 4 aromatic heterocycles. The van der Waals surface area contributed by atoms with Crippen molar-refractivity contribution >= 4 is 69.9 Å². The van der Waals surface area contributed by atoms with E-state index in [1.165, 1.54) is 71.3 Å². The number of carbonyl (C=O) groups excluding carboxylic acids is 4. The highest BCUT2D eigenvalue weighted by molar-refractivity contribution is 6.31. The lowest BCUT2D eigenvalue weighted by molar-refractivity contribution is -0.111. The van der Waals surface area contributed by atoms with Crippen LogP contribution in [-0.2, 0) is 64.9 Å². The molecular formula is C72H75Cl3N8O17. The molecule has 0 saturated carbocycles. The van der Waals surface area contributed by atoms with Crippen LogP contribution in [0, 0.1) is 0 Å². The summed E-state index contributed by atoms with van der Waals surface area (Å²) in [6.07, 6.45) is 5.10. The Labute approximate surface area is 589 Å². The van der Waals surface area contributed by atoms with E-state index in [1.807, 2.05) is 48.5 Å². The zero-order valence-electron chi connectivity index (χ0n) is 55.8. The number of ether oxygens (including phenoxy) is 6. The van der Waals surface area contributed by atoms with Crippen LogP contribution in [-0.4, -0.2) is 111 Å². The van der Waals surface area contributed by atoms with Crippen LogP contribution in [0.25, 0.3) is 5.52 Å². The van der Waals surface area contributed by atoms with Crippen LogP contribution in [0.4, 0.5) is 0 Å². The van der Waals surface area contributed by atoms with E-state index in [-0.39, 0.29) is 97.6 Å². The normalized spacial score (nSPS) is 11.0. The molecule has 0 fully saturated rings. The van der Waals surface area contributed by atoms with Gasteiger partial charge >= 0.3 is 5.97 Å². The standard InChI is InChI=1S/C28H32ClN3O6.C25H25ClN2O7.C19H18ClN3O4/c1-18(2)31-27(34)22-15-32(16-23(36-3)37-4)24(28(35)30-14-20-11-8-12-21(29)13-20)26(25(22)33)38-17-19-9-6-5-7-10-19;1-33-20(34-2)14-28-13-19(25(31)32)22(29)23(35-15-16-7-4-3-5-8-16)21(28)24(30)27-12-17-9-6-10-18(26)11-17;1-11(2)21-18(26)14-10-22-6-7-23(9-12-4-3-5-13(20)8-12)19(27)15(22)17(25)16(14)24/h5-13,15,18,23H,14,16-17H2,1-4H3,(H,30,35)(H,31,34);3-11,13,20H,12,14-15H2,1-2H3,(H,27,30)(H,31,32);3-8,10-11,25H,9H2,1-2H3,(H,21,26). The summed E-state index contributed by atoms with van der Waals surface area (Å²) < 4.78 is 38.2. The van der Waals surface area contributed by atoms with Gasteiger partial charge in [0, 0.05) is 99.7 Å². The van der Waals surface area contributed by atoms with E-state index in [9.17, 15) is 53.4 Å². The number of carbonyl (C=O) groups is 5. The molecule has 25 nitrogen and oxygen atoms in total. The van der Waals surface area contributed by atoms with Crippen molar-refractivity contribution in [3.63, 3.8) is 0 Å². The van der Waals surface area contributed by atoms with Gasteiger partial charge in [0.1, 0.15) is 29.9 Å². The predicted octanol–water partition coefficient (Wildman–Crippen LogP) is 9.10. The summed E-state index contributed by atoms with van der Waals surface area (Å²) in [4.78, 5) is 116. The number of aromatic carboxylic acids is 1. The maximum absolute atomic E-state index is 13.6. The molecule has 6 N–H and O–H groups in total. The molecule has 9 aromatic rings. The number of amides is 4. The minimum Gasteiger partial charge on any atom is -0.503 e. The van der Waals surface area contributed by atoms with Crippen molar-refractivity contribution in [2.45, 2.75) is 98.3 Å². The van der Waals surface area contributed by atoms with Gasteiger partial charge in [-0.1, -0.05) is 132 Å². The summed E-state index contributed by atoms with van der Waals surface area (Å²) in [5.41, 5.74) is -0.586. The fourth-order valence-corrected chi connectivity index (χ4v) is 10.5. The minimum absolute atomic E-state index is 0.0108. The third-order valence-corrected chi connectivity index (χ3v) is 15.4. The van der Waals surface area contributed by atoms with Crippen molar-refractivity contribution < 1.29 is 62.6 Å². The first-order valence-electron chi connectivity index (χ1n) is 31.0. The van der Waals surface area contributed by atoms with Gasteiger partial charge in [-0.3, -0.25) is 38.4 Å². The molecule has 0 spiro atoms. The fourth-order valence-electron chi connectivity index (χ4n) is 9.82. The number of hydrogen-bond donors (Lipinski definition) is 6. The van der Waals surface area contributed by atoms with Gasteiger partial charge in [-0.05, 0) is 91.9 Å². The third-order valence-electron chi connectivity index (χ3n) is 14.7. The largest absolute Gasteiger partial charge is 0.503 e. The van der Waals surface area contributed by atoms with Gasteiger partial charge in [0.05, 0.1) is 19.6 Å². The quantitative estimate of drug-likeness (QED) is 0.0261. The van der Waals surface area contributed by atoms with Gasteiger partial charge in [-0.25, -0.2) is 4.79 Å². The number of carboxylic acids is 1. The van der Waals surface area contributed by atoms with Crippen LogP contribution in [0.15, 0.2) is 184 Å². The summed E-state index contributed by atoms with van der Waals surface area (Å²) >= 11 is 18.1. The second-order valence-corrected chi connectivity index (χ2v) is 24.1. The van der Waals surface area contributed by atoms with Crippen LogP contribution < -0.4 is 52.6 Å². The lowest BCUT2D eigenvalue weighted by atomic mass is 10.1. The van der Waals surface area contributed by atoms with E-state index in [0.717, 1.165) is 34.0 Å². The summed E-state index contributed by atoms with van der Waals surface area (Å²) in [6, 6.07) is 38.8. The number of nitrogens with zero attached hydrogens (tertiary/aromatic N) is 4. The zero-order chi connectivity index (χ0) is 72.7. The Morgan fingerprint density at radius 1 is 0.470 bits per heavy atom. The molecule has 0 radical (unpaired) electrons. The van der Waals surface area contributed by atoms with Crippen molar-refractivity contribution in [3.8, 4) is 17.2 Å². The van der Waals surface area contributed by atoms with Crippen molar-refractivity contribution in [3.05, 3.63) is 276 Å². The number of pyridine rings is 3. The zero-order valence-corrected chi connectivity index (χ0v) is 58.1. The molecule has 28 heteroatoms. The Bertz CT molecular complexity index is 4610. The van der Waals surface area contributed by atoms with Crippen molar-refractivity contribution in [1.29, 1.82) is 0 Å². The Morgan fingerprint density at radius 2 is 0.860 bits per heavy atom. The van der Waals surface area contributed by atoms with E-state index >= 15 is 0 Å². The smallest absolute Gasteiger partial charge is 0.341 e. The lowest BCUT2D eigenvalue weighted by Crippen LogP contribution is -2.38. The Kier molecular flexibility index (Phi) is 28.5. The topological polar surface area (TPSA) is 317 Å². The van der Waals surface area contributed by atoms with Crippen molar-refractivity contribution in [2.75, 3.05) is 28.4 Å². The van der Waals surface area contributed by atoms with E-state index < -0.39 is 75.3 Å². The van der Waals surface area contributed by atoms with Gasteiger partial charge in [-0.15, -0.1) is 0 Å². The number of nitrogens with one attached hydrogen (secondary N) is 4. The molecule has 0 bridgehead atoms. The first-order chi connectivity index (χ1) is 47.8. The van der Waals surface area contributed by atoms with Gasteiger partial charge in [0.2, 0.25) is 16.3 Å². The van der Waals surface area contributed by atoms with E-state index in [2.05, 4.69) is 21.3 Å². The number of carboxylic acid groups (broad SMARTS) is 1. The summed E-state index contributed by atoms with van der Waals surface area (Å²) in [7, 11) is 5.71. The minimum atomic E-state index is -1.45. The van der Waals surface area contributed by atoms with Crippen LogP contribution in [0.5, 0.6) is 17.2 Å². The average molecular weight is 1430 g/mol. The van der Waals surface area contributed by atoms with Gasteiger partial charge in [0.25, 0.3) is 29.2 Å².